The quantitative estimate of drug-likeness (QED) is 0.127. The smallest absolute Gasteiger partial charge is 0.154 e. The number of aliphatic hydroxyl groups is 1. The van der Waals surface area contributed by atoms with Crippen molar-refractivity contribution in [3.05, 3.63) is 47.5 Å². The van der Waals surface area contributed by atoms with E-state index in [9.17, 15) is 10.2 Å². The van der Waals surface area contributed by atoms with Crippen molar-refractivity contribution < 1.29 is 14.9 Å². The molecule has 0 bridgehead atoms. The van der Waals surface area contributed by atoms with E-state index < -0.39 is 6.29 Å². The maximum atomic E-state index is 10.8. The van der Waals surface area contributed by atoms with E-state index in [1.54, 1.807) is 12.1 Å². The number of rotatable bonds is 13. The number of aromatic hydroxyl groups is 1. The van der Waals surface area contributed by atoms with Crippen LogP contribution in [0.1, 0.15) is 83.8 Å². The lowest BCUT2D eigenvalue weighted by Crippen LogP contribution is -2.15. The van der Waals surface area contributed by atoms with Crippen molar-refractivity contribution in [2.45, 2.75) is 90.8 Å². The molecule has 0 heterocycles. The van der Waals surface area contributed by atoms with Gasteiger partial charge in [0.05, 0.1) is 5.69 Å². The summed E-state index contributed by atoms with van der Waals surface area (Å²) in [7, 11) is 0. The van der Waals surface area contributed by atoms with Crippen molar-refractivity contribution >= 4 is 17.1 Å². The highest BCUT2D eigenvalue weighted by molar-refractivity contribution is 5.63. The summed E-state index contributed by atoms with van der Waals surface area (Å²) in [4.78, 5) is 0. The number of benzene rings is 2. The first-order valence-corrected chi connectivity index (χ1v) is 12.1. The van der Waals surface area contributed by atoms with Crippen LogP contribution >= 0.6 is 0 Å². The zero-order valence-corrected chi connectivity index (χ0v) is 20.7. The molecular formula is C27H41N3O3. The van der Waals surface area contributed by atoms with E-state index in [-0.39, 0.29) is 11.2 Å². The third kappa shape index (κ3) is 9.14. The molecule has 0 aromatic heterocycles. The first kappa shape index (κ1) is 26.8. The second-order valence-corrected chi connectivity index (χ2v) is 9.65. The van der Waals surface area contributed by atoms with Gasteiger partial charge in [-0.3, -0.25) is 0 Å². The molecule has 0 fully saturated rings. The van der Waals surface area contributed by atoms with Crippen molar-refractivity contribution in [3.63, 3.8) is 0 Å². The number of aryl methyl sites for hydroxylation is 1. The van der Waals surface area contributed by atoms with E-state index in [0.717, 1.165) is 24.0 Å². The molecule has 0 saturated carbocycles. The topological polar surface area (TPSA) is 100 Å². The summed E-state index contributed by atoms with van der Waals surface area (Å²) in [6, 6.07) is 11.0. The van der Waals surface area contributed by atoms with E-state index in [1.807, 2.05) is 45.0 Å². The number of nitrogen functional groups attached to an aromatic ring is 1. The van der Waals surface area contributed by atoms with Crippen LogP contribution in [-0.2, 0) is 16.6 Å². The highest BCUT2D eigenvalue weighted by atomic mass is 16.6. The molecule has 1 atom stereocenters. The second kappa shape index (κ2) is 13.3. The van der Waals surface area contributed by atoms with Gasteiger partial charge in [-0.15, -0.1) is 10.2 Å². The summed E-state index contributed by atoms with van der Waals surface area (Å²) in [5, 5.41) is 29.6. The number of azo groups is 1. The van der Waals surface area contributed by atoms with Crippen LogP contribution in [0.5, 0.6) is 5.75 Å². The number of nitrogens with two attached hydrogens (primary N) is 1. The lowest BCUT2D eigenvalue weighted by molar-refractivity contribution is -0.103. The monoisotopic (exact) mass is 455 g/mol. The van der Waals surface area contributed by atoms with Crippen LogP contribution in [0.25, 0.3) is 0 Å². The molecule has 0 spiro atoms. The zero-order valence-electron chi connectivity index (χ0n) is 20.7. The highest BCUT2D eigenvalue weighted by Gasteiger charge is 2.22. The van der Waals surface area contributed by atoms with Gasteiger partial charge in [0.2, 0.25) is 0 Å². The Morgan fingerprint density at radius 2 is 1.64 bits per heavy atom. The number of nitrogens with zero attached hydrogens (tertiary/aromatic N) is 2. The number of hydrogen-bond acceptors (Lipinski definition) is 6. The fraction of sp³-hybridized carbons (Fsp3) is 0.556. The summed E-state index contributed by atoms with van der Waals surface area (Å²) >= 11 is 0. The predicted octanol–water partition coefficient (Wildman–Crippen LogP) is 7.32. The van der Waals surface area contributed by atoms with Crippen molar-refractivity contribution in [2.75, 3.05) is 12.3 Å². The molecule has 0 aliphatic rings. The summed E-state index contributed by atoms with van der Waals surface area (Å²) < 4.78 is 5.59. The van der Waals surface area contributed by atoms with Gasteiger partial charge >= 0.3 is 0 Å². The van der Waals surface area contributed by atoms with Gasteiger partial charge in [-0.25, -0.2) is 0 Å². The number of hydrogen-bond donors (Lipinski definition) is 3. The Hall–Kier alpha value is -2.44. The lowest BCUT2D eigenvalue weighted by Gasteiger charge is -2.22. The van der Waals surface area contributed by atoms with Crippen LogP contribution in [0, 0.1) is 0 Å². The number of para-hydroxylation sites is 1. The Morgan fingerprint density at radius 1 is 0.970 bits per heavy atom. The SMILES string of the molecule is CCCCCCCCOC(O)CCc1cc(N=Nc2ccccc2N)c(O)c(C(C)(C)C)c1. The third-order valence-electron chi connectivity index (χ3n) is 5.65. The molecule has 6 heteroatoms. The van der Waals surface area contributed by atoms with Gasteiger partial charge in [0.1, 0.15) is 17.1 Å². The van der Waals surface area contributed by atoms with Gasteiger partial charge in [-0.05, 0) is 42.0 Å². The van der Waals surface area contributed by atoms with Crippen molar-refractivity contribution in [1.82, 2.24) is 0 Å². The van der Waals surface area contributed by atoms with Gasteiger partial charge in [-0.2, -0.15) is 0 Å². The molecule has 33 heavy (non-hydrogen) atoms. The van der Waals surface area contributed by atoms with Crippen LogP contribution in [-0.4, -0.2) is 23.1 Å². The minimum Gasteiger partial charge on any atom is -0.505 e. The Kier molecular flexibility index (Phi) is 10.8. The number of aliphatic hydroxyl groups excluding tert-OH is 1. The molecule has 2 rings (SSSR count). The second-order valence-electron chi connectivity index (χ2n) is 9.65. The molecule has 0 saturated heterocycles. The number of phenolic OH excluding ortho intramolecular Hbond substituents is 1. The molecule has 0 aliphatic heterocycles. The van der Waals surface area contributed by atoms with Gasteiger partial charge in [0.25, 0.3) is 0 Å². The maximum absolute atomic E-state index is 10.8. The van der Waals surface area contributed by atoms with Gasteiger partial charge in [0, 0.05) is 18.6 Å². The minimum absolute atomic E-state index is 0.115. The summed E-state index contributed by atoms with van der Waals surface area (Å²) in [5.74, 6) is 0.115. The van der Waals surface area contributed by atoms with Crippen molar-refractivity contribution in [2.24, 2.45) is 10.2 Å². The van der Waals surface area contributed by atoms with Gasteiger partial charge < -0.3 is 20.7 Å². The number of unbranched alkanes of at least 4 members (excludes halogenated alkanes) is 5. The molecule has 6 nitrogen and oxygen atoms in total. The van der Waals surface area contributed by atoms with Crippen LogP contribution in [0.15, 0.2) is 46.6 Å². The Bertz CT molecular complexity index is 891. The van der Waals surface area contributed by atoms with Crippen LogP contribution < -0.4 is 5.73 Å². The largest absolute Gasteiger partial charge is 0.505 e. The standard InChI is InChI=1S/C27H41N3O3/c1-5-6-7-8-9-12-17-33-25(31)16-15-20-18-21(27(2,3)4)26(32)24(19-20)30-29-23-14-11-10-13-22(23)28/h10-11,13-14,18-19,25,31-32H,5-9,12,15-17,28H2,1-4H3. The normalized spacial score (nSPS) is 13.0. The van der Waals surface area contributed by atoms with Gasteiger partial charge in [-0.1, -0.05) is 78.0 Å². The minimum atomic E-state index is -0.804. The third-order valence-corrected chi connectivity index (χ3v) is 5.65. The van der Waals surface area contributed by atoms with Gasteiger partial charge in [0.15, 0.2) is 6.29 Å². The van der Waals surface area contributed by atoms with E-state index >= 15 is 0 Å². The number of ether oxygens (including phenoxy) is 1. The Balaban J connectivity index is 2.03. The van der Waals surface area contributed by atoms with E-state index in [1.165, 1.54) is 25.7 Å². The Morgan fingerprint density at radius 3 is 2.33 bits per heavy atom. The maximum Gasteiger partial charge on any atom is 0.154 e. The van der Waals surface area contributed by atoms with Crippen LogP contribution in [0.4, 0.5) is 17.1 Å². The zero-order chi connectivity index (χ0) is 24.3. The first-order valence-electron chi connectivity index (χ1n) is 12.1. The average Bonchev–Trinajstić information content (AvgIpc) is 2.77. The lowest BCUT2D eigenvalue weighted by atomic mass is 9.84. The Labute approximate surface area is 198 Å². The van der Waals surface area contributed by atoms with E-state index in [2.05, 4.69) is 17.2 Å². The molecular weight excluding hydrogens is 414 g/mol. The summed E-state index contributed by atoms with van der Waals surface area (Å²) in [6.45, 7) is 8.91. The molecule has 2 aromatic rings. The van der Waals surface area contributed by atoms with Crippen LogP contribution in [0.3, 0.4) is 0 Å². The fourth-order valence-electron chi connectivity index (χ4n) is 3.63. The van der Waals surface area contributed by atoms with E-state index in [0.29, 0.717) is 36.5 Å². The molecule has 0 radical (unpaired) electrons. The number of anilines is 1. The highest BCUT2D eigenvalue weighted by Crippen LogP contribution is 2.40. The van der Waals surface area contributed by atoms with Crippen molar-refractivity contribution in [3.8, 4) is 5.75 Å². The first-order chi connectivity index (χ1) is 15.7. The molecule has 0 amide bonds. The molecule has 0 aliphatic carbocycles. The summed E-state index contributed by atoms with van der Waals surface area (Å²) in [6.07, 6.45) is 7.42. The predicted molar refractivity (Wildman–Crippen MR) is 135 cm³/mol. The summed E-state index contributed by atoms with van der Waals surface area (Å²) in [5.41, 5.74) is 8.91. The molecule has 182 valence electrons. The average molecular weight is 456 g/mol. The number of phenols is 1. The van der Waals surface area contributed by atoms with E-state index in [4.69, 9.17) is 10.5 Å². The molecule has 2 aromatic carbocycles. The van der Waals surface area contributed by atoms with Crippen molar-refractivity contribution in [1.29, 1.82) is 0 Å². The molecule has 1 unspecified atom stereocenters. The molecule has 4 N–H and O–H groups in total. The fourth-order valence-corrected chi connectivity index (χ4v) is 3.63. The van der Waals surface area contributed by atoms with Crippen LogP contribution in [0.2, 0.25) is 0 Å².